The van der Waals surface area contributed by atoms with Crippen molar-refractivity contribution in [1.29, 1.82) is 0 Å². The van der Waals surface area contributed by atoms with Gasteiger partial charge in [0.25, 0.3) is 0 Å². The van der Waals surface area contributed by atoms with E-state index in [2.05, 4.69) is 10.3 Å². The molecular formula is C18H19N4NaO5S. The van der Waals surface area contributed by atoms with E-state index < -0.39 is 29.9 Å². The number of aliphatic carboxylic acids is 1. The van der Waals surface area contributed by atoms with E-state index in [1.807, 2.05) is 6.92 Å². The largest absolute Gasteiger partial charge is 1.00 e. The van der Waals surface area contributed by atoms with Crippen LogP contribution >= 0.6 is 11.3 Å². The van der Waals surface area contributed by atoms with Gasteiger partial charge in [0.05, 0.1) is 46.8 Å². The van der Waals surface area contributed by atoms with Crippen molar-refractivity contribution in [1.82, 2.24) is 19.6 Å². The van der Waals surface area contributed by atoms with Gasteiger partial charge < -0.3 is 25.2 Å². The van der Waals surface area contributed by atoms with Gasteiger partial charge in [-0.2, -0.15) is 0 Å². The van der Waals surface area contributed by atoms with Gasteiger partial charge in [0.2, 0.25) is 11.8 Å². The summed E-state index contributed by atoms with van der Waals surface area (Å²) < 4.78 is 1.77. The summed E-state index contributed by atoms with van der Waals surface area (Å²) in [4.78, 5) is 42.5. The fraction of sp³-hybridized carbons (Fsp3) is 0.444. The second-order valence-electron chi connectivity index (χ2n) is 7.21. The van der Waals surface area contributed by atoms with Gasteiger partial charge >= 0.3 is 29.6 Å². The number of aromatic nitrogens is 2. The number of imidazole rings is 1. The summed E-state index contributed by atoms with van der Waals surface area (Å²) in [5.41, 5.74) is 1.08. The molecule has 11 heteroatoms. The Hall–Kier alpha value is -1.72. The molecule has 1 fully saturated rings. The molecule has 9 nitrogen and oxygen atoms in total. The number of nitrogens with zero attached hydrogens (tertiary/aromatic N) is 3. The van der Waals surface area contributed by atoms with Crippen molar-refractivity contribution in [2.75, 3.05) is 0 Å². The van der Waals surface area contributed by atoms with Crippen LogP contribution in [0.5, 0.6) is 0 Å². The smallest absolute Gasteiger partial charge is 0.543 e. The van der Waals surface area contributed by atoms with Gasteiger partial charge in [-0.05, 0) is 6.92 Å². The second-order valence-corrected chi connectivity index (χ2v) is 8.24. The van der Waals surface area contributed by atoms with E-state index in [0.717, 1.165) is 4.83 Å². The van der Waals surface area contributed by atoms with Crippen LogP contribution in [-0.4, -0.2) is 49.3 Å². The van der Waals surface area contributed by atoms with Crippen LogP contribution < -0.4 is 40.0 Å². The average Bonchev–Trinajstić information content (AvgIpc) is 3.22. The summed E-state index contributed by atoms with van der Waals surface area (Å²) in [7, 11) is 0. The Bertz CT molecular complexity index is 1040. The maximum atomic E-state index is 12.4. The number of carbonyl (C=O) groups is 3. The van der Waals surface area contributed by atoms with Crippen LogP contribution in [0.1, 0.15) is 31.3 Å². The molecule has 1 saturated heterocycles. The average molecular weight is 426 g/mol. The molecule has 0 saturated carbocycles. The van der Waals surface area contributed by atoms with Crippen molar-refractivity contribution in [2.45, 2.75) is 39.5 Å². The first-order valence-corrected chi connectivity index (χ1v) is 9.70. The number of rotatable bonds is 5. The van der Waals surface area contributed by atoms with Gasteiger partial charge in [0, 0.05) is 24.6 Å². The quantitative estimate of drug-likeness (QED) is 0.375. The maximum Gasteiger partial charge on any atom is 1.00 e. The van der Waals surface area contributed by atoms with Gasteiger partial charge in [0.1, 0.15) is 11.2 Å². The molecule has 2 aliphatic rings. The first kappa shape index (κ1) is 22.0. The first-order valence-electron chi connectivity index (χ1n) is 8.89. The first-order chi connectivity index (χ1) is 13.2. The molecule has 2 aliphatic heterocycles. The Morgan fingerprint density at radius 2 is 2.14 bits per heavy atom. The Labute approximate surface area is 192 Å². The molecule has 4 rings (SSSR count). The molecule has 29 heavy (non-hydrogen) atoms. The molecule has 0 aliphatic carbocycles. The molecule has 0 aromatic carbocycles. The van der Waals surface area contributed by atoms with Crippen LogP contribution in [0.3, 0.4) is 0 Å². The number of aliphatic hydroxyl groups is 1. The summed E-state index contributed by atoms with van der Waals surface area (Å²) in [6, 6.07) is -0.395. The number of β-lactam (4-membered cyclic amide) rings is 1. The van der Waals surface area contributed by atoms with Crippen LogP contribution in [0.4, 0.5) is 0 Å². The topological polar surface area (TPSA) is 127 Å². The SMILES string of the molecule is CC(=O)NCc1ncn2cc(C3=C(C(=O)[O-])N4C(=O)[C@H]([C@@H](C)O)[C@H]4[C@H]3C)sc12.[Na+]. The van der Waals surface area contributed by atoms with E-state index in [9.17, 15) is 24.6 Å². The standard InChI is InChI=1S/C18H20N4O5S.Na/c1-7-12(15(18(26)27)22-14(7)13(8(2)23)16(22)25)11-5-21-6-20-10(17(21)28-11)4-19-9(3)24;/h5-8,13-14,23H,4H2,1-3H3,(H,19,24)(H,26,27);/q;+1/p-1/t7-,8+,13+,14+;/m0./s1. The number of amides is 2. The van der Waals surface area contributed by atoms with E-state index in [0.29, 0.717) is 16.1 Å². The molecule has 2 aromatic rings. The minimum absolute atomic E-state index is 0. The summed E-state index contributed by atoms with van der Waals surface area (Å²) in [5, 5.41) is 24.5. The Morgan fingerprint density at radius 3 is 2.72 bits per heavy atom. The molecule has 2 aromatic heterocycles. The second kappa shape index (κ2) is 7.84. The third-order valence-electron chi connectivity index (χ3n) is 5.42. The number of carboxylic acid groups (broad SMARTS) is 1. The molecule has 148 valence electrons. The molecule has 0 unspecified atom stereocenters. The number of thiazole rings is 1. The summed E-state index contributed by atoms with van der Waals surface area (Å²) in [6.07, 6.45) is 2.52. The third-order valence-corrected chi connectivity index (χ3v) is 6.60. The van der Waals surface area contributed by atoms with Gasteiger partial charge in [-0.3, -0.25) is 14.0 Å². The van der Waals surface area contributed by atoms with Crippen LogP contribution in [0.25, 0.3) is 10.4 Å². The molecular weight excluding hydrogens is 407 g/mol. The summed E-state index contributed by atoms with van der Waals surface area (Å²) in [5.74, 6) is -2.85. The van der Waals surface area contributed by atoms with Crippen molar-refractivity contribution >= 4 is 39.5 Å². The maximum absolute atomic E-state index is 12.4. The molecule has 0 radical (unpaired) electrons. The Balaban J connectivity index is 0.00000240. The molecule has 0 bridgehead atoms. The van der Waals surface area contributed by atoms with Gasteiger partial charge in [-0.15, -0.1) is 11.3 Å². The molecule has 2 N–H and O–H groups in total. The number of hydrogen-bond acceptors (Lipinski definition) is 7. The number of nitrogens with one attached hydrogen (secondary N) is 1. The number of aliphatic hydroxyl groups excluding tert-OH is 1. The fourth-order valence-electron chi connectivity index (χ4n) is 4.19. The minimum Gasteiger partial charge on any atom is -0.543 e. The van der Waals surface area contributed by atoms with Crippen molar-refractivity contribution in [3.8, 4) is 0 Å². The van der Waals surface area contributed by atoms with Crippen LogP contribution in [0.15, 0.2) is 18.2 Å². The zero-order chi connectivity index (χ0) is 20.3. The van der Waals surface area contributed by atoms with E-state index in [-0.39, 0.29) is 53.6 Å². The Kier molecular flexibility index (Phi) is 5.94. The number of carbonyl (C=O) groups excluding carboxylic acids is 3. The van der Waals surface area contributed by atoms with E-state index in [1.54, 1.807) is 23.8 Å². The van der Waals surface area contributed by atoms with E-state index >= 15 is 0 Å². The zero-order valence-corrected chi connectivity index (χ0v) is 19.3. The van der Waals surface area contributed by atoms with Crippen molar-refractivity contribution in [3.63, 3.8) is 0 Å². The predicted molar refractivity (Wildman–Crippen MR) is 97.5 cm³/mol. The van der Waals surface area contributed by atoms with Gasteiger partial charge in [0.15, 0.2) is 0 Å². The summed E-state index contributed by atoms with van der Waals surface area (Å²) in [6.45, 7) is 5.09. The van der Waals surface area contributed by atoms with Crippen molar-refractivity contribution in [2.24, 2.45) is 11.8 Å². The fourth-order valence-corrected chi connectivity index (χ4v) is 5.40. The monoisotopic (exact) mass is 426 g/mol. The predicted octanol–water partition coefficient (Wildman–Crippen LogP) is -3.65. The molecule has 0 spiro atoms. The summed E-state index contributed by atoms with van der Waals surface area (Å²) >= 11 is 1.35. The molecule has 4 heterocycles. The van der Waals surface area contributed by atoms with E-state index in [4.69, 9.17) is 0 Å². The molecule has 2 amide bonds. The van der Waals surface area contributed by atoms with Crippen LogP contribution in [0.2, 0.25) is 0 Å². The number of fused-ring (bicyclic) bond motifs is 2. The molecule has 4 atom stereocenters. The van der Waals surface area contributed by atoms with Crippen molar-refractivity contribution in [3.05, 3.63) is 28.8 Å². The Morgan fingerprint density at radius 1 is 1.45 bits per heavy atom. The normalized spacial score (nSPS) is 24.2. The van der Waals surface area contributed by atoms with Crippen molar-refractivity contribution < 1.29 is 54.2 Å². The van der Waals surface area contributed by atoms with Gasteiger partial charge in [-0.25, -0.2) is 4.98 Å². The number of hydrogen-bond donors (Lipinski definition) is 2. The van der Waals surface area contributed by atoms with E-state index in [1.165, 1.54) is 23.2 Å². The number of carboxylic acids is 1. The third kappa shape index (κ3) is 3.32. The minimum atomic E-state index is -1.41. The van der Waals surface area contributed by atoms with Crippen LogP contribution in [0, 0.1) is 11.8 Å². The zero-order valence-electron chi connectivity index (χ0n) is 16.5. The van der Waals surface area contributed by atoms with Crippen LogP contribution in [-0.2, 0) is 20.9 Å². The van der Waals surface area contributed by atoms with Gasteiger partial charge in [-0.1, -0.05) is 6.92 Å².